The monoisotopic (exact) mass is 373 g/mol. The van der Waals surface area contributed by atoms with E-state index in [1.807, 2.05) is 13.8 Å². The van der Waals surface area contributed by atoms with Gasteiger partial charge in [-0.05, 0) is 25.1 Å². The van der Waals surface area contributed by atoms with Gasteiger partial charge in [-0.1, -0.05) is 26.0 Å². The molecule has 0 atom stereocenters. The Labute approximate surface area is 152 Å². The highest BCUT2D eigenvalue weighted by Crippen LogP contribution is 2.31. The van der Waals surface area contributed by atoms with E-state index in [2.05, 4.69) is 11.9 Å². The van der Waals surface area contributed by atoms with E-state index in [0.29, 0.717) is 18.7 Å². The number of carbonyl (C=O) groups is 1. The van der Waals surface area contributed by atoms with Crippen molar-refractivity contribution in [3.8, 4) is 0 Å². The van der Waals surface area contributed by atoms with Gasteiger partial charge in [-0.2, -0.15) is 13.2 Å². The molecule has 0 aliphatic carbocycles. The van der Waals surface area contributed by atoms with Gasteiger partial charge in [0.25, 0.3) is 0 Å². The quantitative estimate of drug-likeness (QED) is 0.280. The van der Waals surface area contributed by atoms with E-state index in [-0.39, 0.29) is 18.9 Å². The number of hydrogen-bond acceptors (Lipinski definition) is 4. The molecule has 0 radical (unpaired) electrons. The van der Waals surface area contributed by atoms with Crippen molar-refractivity contribution in [3.63, 3.8) is 0 Å². The van der Waals surface area contributed by atoms with Crippen molar-refractivity contribution in [3.05, 3.63) is 54.3 Å². The maximum absolute atomic E-state index is 12.8. The highest BCUT2D eigenvalue weighted by Gasteiger charge is 2.30. The largest absolute Gasteiger partial charge is 0.463 e. The number of halogens is 3. The predicted octanol–water partition coefficient (Wildman–Crippen LogP) is 5.18. The second-order valence-electron chi connectivity index (χ2n) is 4.74. The van der Waals surface area contributed by atoms with Gasteiger partial charge < -0.3 is 14.8 Å². The molecule has 0 amide bonds. The van der Waals surface area contributed by atoms with Crippen LogP contribution in [0.4, 0.5) is 18.9 Å². The summed E-state index contributed by atoms with van der Waals surface area (Å²) < 4.78 is 48.3. The number of esters is 1. The van der Waals surface area contributed by atoms with Gasteiger partial charge in [0, 0.05) is 23.9 Å². The highest BCUT2D eigenvalue weighted by atomic mass is 19.4. The summed E-state index contributed by atoms with van der Waals surface area (Å²) in [6, 6.07) is 4.73. The molecule has 0 aliphatic rings. The Bertz CT molecular complexity index is 584. The van der Waals surface area contributed by atoms with Crippen LogP contribution >= 0.6 is 0 Å². The molecule has 0 saturated carbocycles. The molecule has 0 fully saturated rings. The van der Waals surface area contributed by atoms with E-state index in [1.54, 1.807) is 13.0 Å². The molecule has 0 aliphatic heterocycles. The molecule has 0 heterocycles. The summed E-state index contributed by atoms with van der Waals surface area (Å²) in [5.74, 6) is -0.573. The number of nitrogens with one attached hydrogen (secondary N) is 1. The van der Waals surface area contributed by atoms with Gasteiger partial charge >= 0.3 is 12.1 Å². The third-order valence-electron chi connectivity index (χ3n) is 2.82. The molecular formula is C19H26F3NO3. The number of carbonyl (C=O) groups excluding carboxylic acids is 1. The first-order valence-electron chi connectivity index (χ1n) is 8.37. The highest BCUT2D eigenvalue weighted by molar-refractivity contribution is 5.83. The average Bonchev–Trinajstić information content (AvgIpc) is 2.60. The molecule has 1 aromatic carbocycles. The number of alkyl halides is 3. The average molecular weight is 373 g/mol. The van der Waals surface area contributed by atoms with Crippen molar-refractivity contribution in [1.82, 2.24) is 0 Å². The number of hydrogen-bond donors (Lipinski definition) is 1. The molecule has 1 rings (SSSR count). The third kappa shape index (κ3) is 9.88. The van der Waals surface area contributed by atoms with Gasteiger partial charge in [-0.3, -0.25) is 0 Å². The van der Waals surface area contributed by atoms with Crippen molar-refractivity contribution in [2.24, 2.45) is 0 Å². The normalized spacial score (nSPS) is 11.2. The molecule has 0 spiro atoms. The summed E-state index contributed by atoms with van der Waals surface area (Å²) in [5.41, 5.74) is -0.146. The fourth-order valence-electron chi connectivity index (χ4n) is 1.80. The van der Waals surface area contributed by atoms with Gasteiger partial charge in [0.1, 0.15) is 0 Å². The van der Waals surface area contributed by atoms with Crippen LogP contribution in [0.3, 0.4) is 0 Å². The zero-order valence-corrected chi connectivity index (χ0v) is 15.4. The zero-order valence-electron chi connectivity index (χ0n) is 15.4. The first kappa shape index (κ1) is 23.7. The fourth-order valence-corrected chi connectivity index (χ4v) is 1.80. The van der Waals surface area contributed by atoms with Crippen LogP contribution < -0.4 is 5.32 Å². The van der Waals surface area contributed by atoms with Crippen molar-refractivity contribution in [2.45, 2.75) is 33.4 Å². The van der Waals surface area contributed by atoms with Crippen molar-refractivity contribution >= 4 is 11.7 Å². The summed E-state index contributed by atoms with van der Waals surface area (Å²) in [6.07, 6.45) is -1.34. The molecule has 146 valence electrons. The Hall–Kier alpha value is -2.28. The lowest BCUT2D eigenvalue weighted by molar-refractivity contribution is -0.138. The first-order valence-corrected chi connectivity index (χ1v) is 8.37. The number of anilines is 1. The number of ether oxygens (including phenoxy) is 2. The van der Waals surface area contributed by atoms with Gasteiger partial charge in [0.15, 0.2) is 0 Å². The second kappa shape index (κ2) is 13.0. The minimum absolute atomic E-state index is 0.207. The van der Waals surface area contributed by atoms with Crippen LogP contribution in [-0.2, 0) is 20.4 Å². The van der Waals surface area contributed by atoms with E-state index in [0.717, 1.165) is 12.1 Å². The van der Waals surface area contributed by atoms with E-state index < -0.39 is 17.7 Å². The molecule has 1 aromatic rings. The molecular weight excluding hydrogens is 347 g/mol. The van der Waals surface area contributed by atoms with Crippen LogP contribution in [0.25, 0.3) is 0 Å². The molecule has 7 heteroatoms. The summed E-state index contributed by atoms with van der Waals surface area (Å²) in [7, 11) is 0. The van der Waals surface area contributed by atoms with Gasteiger partial charge in [0.2, 0.25) is 0 Å². The smallest absolute Gasteiger partial charge is 0.416 e. The SMILES string of the molecule is C=CCOCC/C(=C\C(=O)OCC)Nc1cccc(C(F)(F)F)c1.CC. The molecule has 0 saturated heterocycles. The molecule has 0 unspecified atom stereocenters. The lowest BCUT2D eigenvalue weighted by atomic mass is 10.2. The third-order valence-corrected chi connectivity index (χ3v) is 2.82. The minimum Gasteiger partial charge on any atom is -0.463 e. The van der Waals surface area contributed by atoms with Crippen LogP contribution in [-0.4, -0.2) is 25.8 Å². The van der Waals surface area contributed by atoms with Gasteiger partial charge in [-0.15, -0.1) is 6.58 Å². The zero-order chi connectivity index (χ0) is 20.0. The van der Waals surface area contributed by atoms with E-state index in [1.165, 1.54) is 18.2 Å². The van der Waals surface area contributed by atoms with Crippen LogP contribution in [0.1, 0.15) is 32.8 Å². The lowest BCUT2D eigenvalue weighted by Crippen LogP contribution is -2.10. The minimum atomic E-state index is -4.43. The summed E-state index contributed by atoms with van der Waals surface area (Å²) in [4.78, 5) is 11.6. The Morgan fingerprint density at radius 1 is 1.31 bits per heavy atom. The van der Waals surface area contributed by atoms with Crippen LogP contribution in [0, 0.1) is 0 Å². The lowest BCUT2D eigenvalue weighted by Gasteiger charge is -2.13. The van der Waals surface area contributed by atoms with Crippen LogP contribution in [0.5, 0.6) is 0 Å². The predicted molar refractivity (Wildman–Crippen MR) is 96.8 cm³/mol. The van der Waals surface area contributed by atoms with E-state index in [9.17, 15) is 18.0 Å². The van der Waals surface area contributed by atoms with Crippen molar-refractivity contribution in [1.29, 1.82) is 0 Å². The summed E-state index contributed by atoms with van der Waals surface area (Å²) in [5, 5.41) is 2.81. The number of benzene rings is 1. The topological polar surface area (TPSA) is 47.6 Å². The first-order chi connectivity index (χ1) is 12.4. The molecule has 4 nitrogen and oxygen atoms in total. The fraction of sp³-hybridized carbons (Fsp3) is 0.421. The second-order valence-corrected chi connectivity index (χ2v) is 4.74. The Balaban J connectivity index is 0.00000301. The maximum atomic E-state index is 12.8. The molecule has 1 N–H and O–H groups in total. The van der Waals surface area contributed by atoms with E-state index in [4.69, 9.17) is 9.47 Å². The number of rotatable bonds is 9. The van der Waals surface area contributed by atoms with Gasteiger partial charge in [-0.25, -0.2) is 4.79 Å². The standard InChI is InChI=1S/C17H20F3NO3.C2H6/c1-3-9-23-10-8-15(12-16(22)24-4-2)21-14-7-5-6-13(11-14)17(18,19)20;1-2/h3,5-7,11-12,21H,1,4,8-10H2,2H3;1-2H3/b15-12+;. The van der Waals surface area contributed by atoms with Gasteiger partial charge in [0.05, 0.1) is 25.4 Å². The summed E-state index contributed by atoms with van der Waals surface area (Å²) in [6.45, 7) is 10.0. The molecule has 0 aromatic heterocycles. The van der Waals surface area contributed by atoms with Crippen LogP contribution in [0.15, 0.2) is 48.7 Å². The van der Waals surface area contributed by atoms with Crippen molar-refractivity contribution < 1.29 is 27.4 Å². The Morgan fingerprint density at radius 2 is 2.00 bits per heavy atom. The van der Waals surface area contributed by atoms with E-state index >= 15 is 0 Å². The Morgan fingerprint density at radius 3 is 2.58 bits per heavy atom. The Kier molecular flexibility index (Phi) is 11.9. The molecule has 26 heavy (non-hydrogen) atoms. The van der Waals surface area contributed by atoms with Crippen LogP contribution in [0.2, 0.25) is 0 Å². The summed E-state index contributed by atoms with van der Waals surface area (Å²) >= 11 is 0. The molecule has 0 bridgehead atoms. The maximum Gasteiger partial charge on any atom is 0.416 e. The van der Waals surface area contributed by atoms with Crippen molar-refractivity contribution in [2.75, 3.05) is 25.1 Å².